The Morgan fingerprint density at radius 1 is 1.11 bits per heavy atom. The number of benzene rings is 2. The van der Waals surface area contributed by atoms with Crippen LogP contribution in [0.1, 0.15) is 12.8 Å². The van der Waals surface area contributed by atoms with E-state index in [1.807, 2.05) is 0 Å². The number of sulfonamides is 1. The van der Waals surface area contributed by atoms with Crippen molar-refractivity contribution in [3.63, 3.8) is 0 Å². The van der Waals surface area contributed by atoms with Crippen molar-refractivity contribution in [1.82, 2.24) is 4.98 Å². The molecule has 0 aliphatic heterocycles. The first-order valence-corrected chi connectivity index (χ1v) is 10.2. The lowest BCUT2D eigenvalue weighted by Gasteiger charge is -2.03. The van der Waals surface area contributed by atoms with E-state index in [0.29, 0.717) is 22.0 Å². The highest BCUT2D eigenvalue weighted by Gasteiger charge is 2.20. The molecule has 0 unspecified atom stereocenters. The SMILES string of the molecule is CCOC(=O)Cc1nc(-c2ccc(Cl)cc2)c(-c2ccc(S(N)(=O)=O)cc2)o1. The van der Waals surface area contributed by atoms with Crippen LogP contribution in [0.3, 0.4) is 0 Å². The Labute approximate surface area is 167 Å². The van der Waals surface area contributed by atoms with Crippen LogP contribution in [-0.2, 0) is 26.0 Å². The van der Waals surface area contributed by atoms with Crippen LogP contribution in [0.15, 0.2) is 57.8 Å². The van der Waals surface area contributed by atoms with E-state index in [4.69, 9.17) is 25.9 Å². The molecule has 3 rings (SSSR count). The number of primary sulfonamides is 1. The molecule has 0 fully saturated rings. The van der Waals surface area contributed by atoms with E-state index in [1.54, 1.807) is 43.3 Å². The van der Waals surface area contributed by atoms with E-state index in [2.05, 4.69) is 4.98 Å². The zero-order valence-electron chi connectivity index (χ0n) is 14.9. The van der Waals surface area contributed by atoms with Crippen LogP contribution in [0.2, 0.25) is 5.02 Å². The van der Waals surface area contributed by atoms with Gasteiger partial charge in [0.05, 0.1) is 11.5 Å². The Morgan fingerprint density at radius 3 is 2.29 bits per heavy atom. The van der Waals surface area contributed by atoms with E-state index in [9.17, 15) is 13.2 Å². The Kier molecular flexibility index (Phi) is 5.83. The summed E-state index contributed by atoms with van der Waals surface area (Å²) in [5.41, 5.74) is 1.81. The Balaban J connectivity index is 2.06. The summed E-state index contributed by atoms with van der Waals surface area (Å²) in [5, 5.41) is 5.71. The standard InChI is InChI=1S/C19H17ClN2O5S/c1-2-26-17(23)11-16-22-18(12-3-7-14(20)8-4-12)19(27-16)13-5-9-15(10-6-13)28(21,24)25/h3-10H,2,11H2,1H3,(H2,21,24,25). The van der Waals surface area contributed by atoms with Crippen molar-refractivity contribution < 1.29 is 22.4 Å². The molecule has 0 spiro atoms. The molecule has 0 saturated carbocycles. The van der Waals surface area contributed by atoms with Crippen LogP contribution in [0.4, 0.5) is 0 Å². The van der Waals surface area contributed by atoms with Crippen LogP contribution < -0.4 is 5.14 Å². The summed E-state index contributed by atoms with van der Waals surface area (Å²) < 4.78 is 33.7. The third kappa shape index (κ3) is 4.59. The number of oxazole rings is 1. The fraction of sp³-hybridized carbons (Fsp3) is 0.158. The minimum atomic E-state index is -3.81. The molecular weight excluding hydrogens is 404 g/mol. The number of esters is 1. The lowest BCUT2D eigenvalue weighted by Crippen LogP contribution is -2.11. The van der Waals surface area contributed by atoms with Crippen molar-refractivity contribution >= 4 is 27.6 Å². The number of hydrogen-bond acceptors (Lipinski definition) is 6. The first-order valence-electron chi connectivity index (χ1n) is 8.32. The maximum atomic E-state index is 11.8. The second-order valence-corrected chi connectivity index (χ2v) is 7.84. The molecule has 3 aromatic rings. The van der Waals surface area contributed by atoms with Crippen LogP contribution in [0.25, 0.3) is 22.6 Å². The molecule has 1 aromatic heterocycles. The first kappa shape index (κ1) is 20.1. The number of carbonyl (C=O) groups excluding carboxylic acids is 1. The smallest absolute Gasteiger partial charge is 0.315 e. The molecular formula is C19H17ClN2O5S. The van der Waals surface area contributed by atoms with Crippen LogP contribution in [0.5, 0.6) is 0 Å². The molecule has 0 aliphatic rings. The maximum absolute atomic E-state index is 11.8. The van der Waals surface area contributed by atoms with Crippen LogP contribution >= 0.6 is 11.6 Å². The summed E-state index contributed by atoms with van der Waals surface area (Å²) in [4.78, 5) is 16.2. The monoisotopic (exact) mass is 420 g/mol. The fourth-order valence-electron chi connectivity index (χ4n) is 2.57. The van der Waals surface area contributed by atoms with Crippen LogP contribution in [-0.4, -0.2) is 26.0 Å². The number of hydrogen-bond donors (Lipinski definition) is 1. The zero-order valence-corrected chi connectivity index (χ0v) is 16.5. The summed E-state index contributed by atoms with van der Waals surface area (Å²) in [5.74, 6) is 0.124. The normalized spacial score (nSPS) is 11.4. The molecule has 0 amide bonds. The molecule has 0 atom stereocenters. The summed E-state index contributed by atoms with van der Waals surface area (Å²) in [6.07, 6.45) is -0.121. The van der Waals surface area contributed by atoms with Gasteiger partial charge >= 0.3 is 5.97 Å². The van der Waals surface area contributed by atoms with E-state index in [-0.39, 0.29) is 23.8 Å². The number of carbonyl (C=O) groups is 1. The molecule has 0 bridgehead atoms. The van der Waals surface area contributed by atoms with Gasteiger partial charge in [0.15, 0.2) is 5.76 Å². The van der Waals surface area contributed by atoms with Gasteiger partial charge in [0, 0.05) is 16.1 Å². The van der Waals surface area contributed by atoms with Crippen molar-refractivity contribution in [2.24, 2.45) is 5.14 Å². The molecule has 0 aliphatic carbocycles. The van der Waals surface area contributed by atoms with E-state index >= 15 is 0 Å². The van der Waals surface area contributed by atoms with Crippen molar-refractivity contribution in [3.05, 3.63) is 59.4 Å². The highest BCUT2D eigenvalue weighted by molar-refractivity contribution is 7.89. The number of aromatic nitrogens is 1. The highest BCUT2D eigenvalue weighted by atomic mass is 35.5. The Morgan fingerprint density at radius 2 is 1.71 bits per heavy atom. The van der Waals surface area contributed by atoms with Gasteiger partial charge in [-0.2, -0.15) is 0 Å². The summed E-state index contributed by atoms with van der Waals surface area (Å²) in [6, 6.07) is 12.9. The fourth-order valence-corrected chi connectivity index (χ4v) is 3.21. The molecule has 146 valence electrons. The lowest BCUT2D eigenvalue weighted by molar-refractivity contribution is -0.142. The second kappa shape index (κ2) is 8.14. The molecule has 2 aromatic carbocycles. The van der Waals surface area contributed by atoms with Gasteiger partial charge < -0.3 is 9.15 Å². The van der Waals surface area contributed by atoms with E-state index in [0.717, 1.165) is 5.56 Å². The molecule has 7 nitrogen and oxygen atoms in total. The van der Waals surface area contributed by atoms with Gasteiger partial charge in [-0.25, -0.2) is 18.5 Å². The number of halogens is 1. The predicted molar refractivity (Wildman–Crippen MR) is 104 cm³/mol. The lowest BCUT2D eigenvalue weighted by atomic mass is 10.1. The van der Waals surface area contributed by atoms with Crippen molar-refractivity contribution in [3.8, 4) is 22.6 Å². The average Bonchev–Trinajstić information content (AvgIpc) is 3.05. The van der Waals surface area contributed by atoms with Crippen molar-refractivity contribution in [2.45, 2.75) is 18.2 Å². The van der Waals surface area contributed by atoms with Gasteiger partial charge in [0.25, 0.3) is 0 Å². The molecule has 0 radical (unpaired) electrons. The second-order valence-electron chi connectivity index (χ2n) is 5.84. The average molecular weight is 421 g/mol. The quantitative estimate of drug-likeness (QED) is 0.611. The van der Waals surface area contributed by atoms with Gasteiger partial charge in [0.2, 0.25) is 15.9 Å². The maximum Gasteiger partial charge on any atom is 0.315 e. The number of nitrogens with two attached hydrogens (primary N) is 1. The van der Waals surface area contributed by atoms with Gasteiger partial charge in [0.1, 0.15) is 12.1 Å². The van der Waals surface area contributed by atoms with Gasteiger partial charge in [-0.3, -0.25) is 4.79 Å². The third-order valence-electron chi connectivity index (χ3n) is 3.84. The minimum absolute atomic E-state index is 0.0180. The minimum Gasteiger partial charge on any atom is -0.466 e. The largest absolute Gasteiger partial charge is 0.466 e. The highest BCUT2D eigenvalue weighted by Crippen LogP contribution is 2.34. The molecule has 1 heterocycles. The number of nitrogens with zero attached hydrogens (tertiary/aromatic N) is 1. The molecule has 9 heteroatoms. The van der Waals surface area contributed by atoms with Crippen LogP contribution in [0, 0.1) is 0 Å². The molecule has 0 saturated heterocycles. The zero-order chi connectivity index (χ0) is 20.3. The topological polar surface area (TPSA) is 112 Å². The van der Waals surface area contributed by atoms with E-state index < -0.39 is 16.0 Å². The van der Waals surface area contributed by atoms with Gasteiger partial charge in [-0.15, -0.1) is 0 Å². The van der Waals surface area contributed by atoms with Crippen molar-refractivity contribution in [1.29, 1.82) is 0 Å². The van der Waals surface area contributed by atoms with Crippen molar-refractivity contribution in [2.75, 3.05) is 6.61 Å². The predicted octanol–water partition coefficient (Wildman–Crippen LogP) is 3.42. The molecule has 28 heavy (non-hydrogen) atoms. The first-order chi connectivity index (χ1) is 13.3. The summed E-state index contributed by atoms with van der Waals surface area (Å²) >= 11 is 5.95. The van der Waals surface area contributed by atoms with Gasteiger partial charge in [-0.1, -0.05) is 23.7 Å². The number of ether oxygens (including phenoxy) is 1. The van der Waals surface area contributed by atoms with E-state index in [1.165, 1.54) is 12.1 Å². The molecule has 2 N–H and O–H groups in total. The summed E-state index contributed by atoms with van der Waals surface area (Å²) in [6.45, 7) is 1.97. The Bertz CT molecular complexity index is 1090. The summed E-state index contributed by atoms with van der Waals surface area (Å²) in [7, 11) is -3.81. The third-order valence-corrected chi connectivity index (χ3v) is 5.02. The van der Waals surface area contributed by atoms with Gasteiger partial charge in [-0.05, 0) is 43.3 Å². The number of rotatable bonds is 6. The Hall–Kier alpha value is -2.68.